The van der Waals surface area contributed by atoms with Gasteiger partial charge in [-0.1, -0.05) is 6.07 Å². The maximum atomic E-state index is 5.84. The number of hydrogen-bond acceptors (Lipinski definition) is 4. The highest BCUT2D eigenvalue weighted by Crippen LogP contribution is 2.34. The summed E-state index contributed by atoms with van der Waals surface area (Å²) in [4.78, 5) is 6.73. The topological polar surface area (TPSA) is 51.4 Å². The summed E-state index contributed by atoms with van der Waals surface area (Å²) in [5.41, 5.74) is 6.87. The van der Waals surface area contributed by atoms with Crippen LogP contribution in [0.4, 0.5) is 0 Å². The molecule has 1 saturated carbocycles. The monoisotopic (exact) mass is 235 g/mol. The Labute approximate surface area is 103 Å². The van der Waals surface area contributed by atoms with Crippen LogP contribution < -0.4 is 10.5 Å². The number of aromatic nitrogens is 1. The zero-order valence-electron chi connectivity index (χ0n) is 10.6. The average Bonchev–Trinajstić information content (AvgIpc) is 3.15. The van der Waals surface area contributed by atoms with Crippen molar-refractivity contribution >= 4 is 0 Å². The van der Waals surface area contributed by atoms with Gasteiger partial charge in [0.15, 0.2) is 0 Å². The maximum Gasteiger partial charge on any atom is 0.213 e. The number of methoxy groups -OCH3 is 1. The van der Waals surface area contributed by atoms with Crippen LogP contribution in [0, 0.1) is 5.92 Å². The molecule has 0 saturated heterocycles. The van der Waals surface area contributed by atoms with Gasteiger partial charge in [0.05, 0.1) is 12.8 Å². The van der Waals surface area contributed by atoms with Crippen molar-refractivity contribution in [3.63, 3.8) is 0 Å². The largest absolute Gasteiger partial charge is 0.481 e. The molecule has 4 nitrogen and oxygen atoms in total. The van der Waals surface area contributed by atoms with Gasteiger partial charge in [-0.15, -0.1) is 0 Å². The summed E-state index contributed by atoms with van der Waals surface area (Å²) in [6.07, 6.45) is 2.63. The van der Waals surface area contributed by atoms with Crippen LogP contribution in [0.5, 0.6) is 5.88 Å². The van der Waals surface area contributed by atoms with Gasteiger partial charge < -0.3 is 10.5 Å². The number of hydrogen-bond donors (Lipinski definition) is 1. The van der Waals surface area contributed by atoms with Crippen LogP contribution in [0.1, 0.15) is 18.5 Å². The van der Waals surface area contributed by atoms with E-state index < -0.39 is 0 Å². The Kier molecular flexibility index (Phi) is 3.97. The fourth-order valence-electron chi connectivity index (χ4n) is 2.25. The zero-order valence-corrected chi connectivity index (χ0v) is 10.6. The van der Waals surface area contributed by atoms with Crippen molar-refractivity contribution < 1.29 is 4.74 Å². The summed E-state index contributed by atoms with van der Waals surface area (Å²) >= 11 is 0. The van der Waals surface area contributed by atoms with Crippen molar-refractivity contribution in [1.82, 2.24) is 9.88 Å². The number of nitrogens with zero attached hydrogens (tertiary/aromatic N) is 2. The number of likely N-dealkylation sites (N-methyl/N-ethyl adjacent to an activating group) is 1. The van der Waals surface area contributed by atoms with Crippen molar-refractivity contribution in [2.75, 3.05) is 20.7 Å². The van der Waals surface area contributed by atoms with E-state index in [0.29, 0.717) is 11.9 Å². The van der Waals surface area contributed by atoms with E-state index in [4.69, 9.17) is 10.5 Å². The molecule has 4 heteroatoms. The highest BCUT2D eigenvalue weighted by Gasteiger charge is 2.32. The molecule has 1 aliphatic rings. The number of nitrogens with two attached hydrogens (primary N) is 1. The minimum absolute atomic E-state index is 0.489. The molecule has 0 amide bonds. The quantitative estimate of drug-likeness (QED) is 0.806. The smallest absolute Gasteiger partial charge is 0.213 e. The van der Waals surface area contributed by atoms with Crippen LogP contribution in [-0.2, 0) is 6.54 Å². The average molecular weight is 235 g/mol. The lowest BCUT2D eigenvalue weighted by molar-refractivity contribution is 0.212. The number of pyridine rings is 1. The first-order valence-corrected chi connectivity index (χ1v) is 6.15. The van der Waals surface area contributed by atoms with Crippen LogP contribution in [0.25, 0.3) is 0 Å². The van der Waals surface area contributed by atoms with E-state index in [1.165, 1.54) is 12.8 Å². The molecule has 0 aliphatic heterocycles. The van der Waals surface area contributed by atoms with Crippen molar-refractivity contribution in [3.8, 4) is 5.88 Å². The van der Waals surface area contributed by atoms with E-state index in [1.54, 1.807) is 7.11 Å². The first-order valence-electron chi connectivity index (χ1n) is 6.15. The molecule has 1 unspecified atom stereocenters. The van der Waals surface area contributed by atoms with Crippen LogP contribution in [0.15, 0.2) is 18.2 Å². The van der Waals surface area contributed by atoms with Crippen molar-refractivity contribution in [1.29, 1.82) is 0 Å². The second-order valence-electron chi connectivity index (χ2n) is 4.73. The molecule has 1 aromatic heterocycles. The lowest BCUT2D eigenvalue weighted by Gasteiger charge is -2.26. The summed E-state index contributed by atoms with van der Waals surface area (Å²) < 4.78 is 5.13. The molecule has 1 aromatic rings. The molecule has 1 heterocycles. The summed E-state index contributed by atoms with van der Waals surface area (Å²) in [6, 6.07) is 6.36. The van der Waals surface area contributed by atoms with E-state index >= 15 is 0 Å². The van der Waals surface area contributed by atoms with Gasteiger partial charge in [-0.2, -0.15) is 0 Å². The summed E-state index contributed by atoms with van der Waals surface area (Å²) in [6.45, 7) is 1.56. The summed E-state index contributed by atoms with van der Waals surface area (Å²) in [5, 5.41) is 0. The van der Waals surface area contributed by atoms with Gasteiger partial charge in [-0.25, -0.2) is 4.98 Å². The highest BCUT2D eigenvalue weighted by molar-refractivity contribution is 5.15. The first kappa shape index (κ1) is 12.3. The van der Waals surface area contributed by atoms with Crippen LogP contribution in [-0.4, -0.2) is 36.6 Å². The van der Waals surface area contributed by atoms with E-state index in [9.17, 15) is 0 Å². The Hall–Kier alpha value is -1.13. The van der Waals surface area contributed by atoms with Crippen LogP contribution in [0.3, 0.4) is 0 Å². The predicted octanol–water partition coefficient (Wildman–Crippen LogP) is 1.26. The molecule has 0 bridgehead atoms. The Morgan fingerprint density at radius 2 is 2.29 bits per heavy atom. The van der Waals surface area contributed by atoms with Gasteiger partial charge in [0, 0.05) is 25.2 Å². The fourth-order valence-corrected chi connectivity index (χ4v) is 2.25. The Morgan fingerprint density at radius 3 is 2.88 bits per heavy atom. The van der Waals surface area contributed by atoms with E-state index in [-0.39, 0.29) is 0 Å². The Bertz CT molecular complexity index is 365. The minimum Gasteiger partial charge on any atom is -0.481 e. The SMILES string of the molecule is COc1cccc(CN(C)C(CN)C2CC2)n1. The normalized spacial score (nSPS) is 17.2. The predicted molar refractivity (Wildman–Crippen MR) is 67.8 cm³/mol. The van der Waals surface area contributed by atoms with Gasteiger partial charge >= 0.3 is 0 Å². The standard InChI is InChI=1S/C13H21N3O/c1-16(12(8-14)10-6-7-10)9-11-4-3-5-13(15-11)17-2/h3-5,10,12H,6-9,14H2,1-2H3. The molecule has 1 atom stereocenters. The van der Waals surface area contributed by atoms with Gasteiger partial charge in [0.2, 0.25) is 5.88 Å². The Balaban J connectivity index is 1.98. The molecule has 1 fully saturated rings. The minimum atomic E-state index is 0.489. The second kappa shape index (κ2) is 5.47. The molecule has 17 heavy (non-hydrogen) atoms. The van der Waals surface area contributed by atoms with E-state index in [1.807, 2.05) is 18.2 Å². The molecule has 94 valence electrons. The molecule has 0 radical (unpaired) electrons. The van der Waals surface area contributed by atoms with Gasteiger partial charge in [-0.3, -0.25) is 4.90 Å². The fraction of sp³-hybridized carbons (Fsp3) is 0.615. The van der Waals surface area contributed by atoms with Gasteiger partial charge in [0.1, 0.15) is 0 Å². The van der Waals surface area contributed by atoms with Gasteiger partial charge in [-0.05, 0) is 31.9 Å². The first-order chi connectivity index (χ1) is 8.24. The van der Waals surface area contributed by atoms with E-state index in [0.717, 1.165) is 24.7 Å². The van der Waals surface area contributed by atoms with E-state index in [2.05, 4.69) is 16.9 Å². The second-order valence-corrected chi connectivity index (χ2v) is 4.73. The summed E-state index contributed by atoms with van der Waals surface area (Å²) in [5.74, 6) is 1.46. The maximum absolute atomic E-state index is 5.84. The van der Waals surface area contributed by atoms with Crippen molar-refractivity contribution in [2.24, 2.45) is 11.7 Å². The highest BCUT2D eigenvalue weighted by atomic mass is 16.5. The summed E-state index contributed by atoms with van der Waals surface area (Å²) in [7, 11) is 3.76. The molecule has 1 aliphatic carbocycles. The number of ether oxygens (including phenoxy) is 1. The zero-order chi connectivity index (χ0) is 12.3. The third-order valence-electron chi connectivity index (χ3n) is 3.38. The Morgan fingerprint density at radius 1 is 1.53 bits per heavy atom. The third kappa shape index (κ3) is 3.17. The van der Waals surface area contributed by atoms with Crippen molar-refractivity contribution in [2.45, 2.75) is 25.4 Å². The molecule has 0 aromatic carbocycles. The molecule has 2 rings (SSSR count). The molecule has 0 spiro atoms. The van der Waals surface area contributed by atoms with Gasteiger partial charge in [0.25, 0.3) is 0 Å². The van der Waals surface area contributed by atoms with Crippen LogP contribution in [0.2, 0.25) is 0 Å². The lowest BCUT2D eigenvalue weighted by Crippen LogP contribution is -2.39. The molecular formula is C13H21N3O. The molecular weight excluding hydrogens is 214 g/mol. The molecule has 2 N–H and O–H groups in total. The third-order valence-corrected chi connectivity index (χ3v) is 3.38. The van der Waals surface area contributed by atoms with Crippen LogP contribution >= 0.6 is 0 Å². The number of rotatable bonds is 6. The lowest BCUT2D eigenvalue weighted by atomic mass is 10.1. The van der Waals surface area contributed by atoms with Crippen molar-refractivity contribution in [3.05, 3.63) is 23.9 Å².